The van der Waals surface area contributed by atoms with Crippen molar-refractivity contribution in [3.63, 3.8) is 0 Å². The molecule has 1 rings (SSSR count). The predicted molar refractivity (Wildman–Crippen MR) is 38.8 cm³/mol. The molecule has 0 aromatic heterocycles. The monoisotopic (exact) mass is 176 g/mol. The minimum absolute atomic E-state index is 0.281. The molecule has 0 unspecified atom stereocenters. The van der Waals surface area contributed by atoms with Crippen LogP contribution in [0.25, 0.3) is 0 Å². The molecule has 5 heteroatoms. The smallest absolute Gasteiger partial charge is 0.450 e. The van der Waals surface area contributed by atoms with Crippen LogP contribution in [0.1, 0.15) is 19.3 Å². The van der Waals surface area contributed by atoms with Crippen molar-refractivity contribution in [3.05, 3.63) is 0 Å². The third-order valence-electron chi connectivity index (χ3n) is 1.88. The van der Waals surface area contributed by atoms with Gasteiger partial charge in [-0.25, -0.2) is 4.79 Å². The summed E-state index contributed by atoms with van der Waals surface area (Å²) in [4.78, 5) is 10.1. The third-order valence-corrected chi connectivity index (χ3v) is 1.88. The van der Waals surface area contributed by atoms with Crippen molar-refractivity contribution in [2.24, 2.45) is 0 Å². The Labute approximate surface area is 69.6 Å². The number of carboxylic acid groups (broad SMARTS) is 1. The third kappa shape index (κ3) is 2.67. The van der Waals surface area contributed by atoms with Gasteiger partial charge in [0.15, 0.2) is 0 Å². The van der Waals surface area contributed by atoms with Crippen LogP contribution in [0.5, 0.6) is 0 Å². The van der Waals surface area contributed by atoms with Crippen LogP contribution in [0.4, 0.5) is 4.79 Å². The fraction of sp³-hybridized carbons (Fsp3) is 0.857. The highest BCUT2D eigenvalue weighted by Crippen LogP contribution is 2.21. The zero-order chi connectivity index (χ0) is 9.14. The molecule has 1 saturated carbocycles. The molecule has 0 spiro atoms. The molecule has 0 heterocycles. The van der Waals surface area contributed by atoms with Crippen molar-refractivity contribution in [1.29, 1.82) is 0 Å². The number of hydrogen-bond acceptors (Lipinski definition) is 4. The molecule has 70 valence electrons. The standard InChI is InChI=1S/C7H12O5/c8-4-1-5(9)3-6(2-4)12-7(10)11/h4-6,8-9H,1-3H2,(H,10,11)/t4-,5+,6+. The first-order valence-corrected chi connectivity index (χ1v) is 3.83. The molecule has 0 aromatic rings. The molecular formula is C7H12O5. The molecule has 0 aromatic carbocycles. The summed E-state index contributed by atoms with van der Waals surface area (Å²) in [6.45, 7) is 0. The highest BCUT2D eigenvalue weighted by Gasteiger charge is 2.28. The fourth-order valence-corrected chi connectivity index (χ4v) is 1.45. The highest BCUT2D eigenvalue weighted by atomic mass is 16.7. The van der Waals surface area contributed by atoms with E-state index < -0.39 is 24.5 Å². The Bertz CT molecular complexity index is 159. The summed E-state index contributed by atoms with van der Waals surface area (Å²) in [6, 6.07) is 0. The number of aliphatic hydroxyl groups is 2. The Morgan fingerprint density at radius 2 is 1.67 bits per heavy atom. The first-order valence-electron chi connectivity index (χ1n) is 3.83. The summed E-state index contributed by atoms with van der Waals surface area (Å²) in [5, 5.41) is 26.5. The fourth-order valence-electron chi connectivity index (χ4n) is 1.45. The maximum absolute atomic E-state index is 10.1. The van der Waals surface area contributed by atoms with E-state index in [-0.39, 0.29) is 12.8 Å². The normalized spacial score (nSPS) is 36.0. The number of hydrogen-bond donors (Lipinski definition) is 3. The quantitative estimate of drug-likeness (QED) is 0.488. The van der Waals surface area contributed by atoms with E-state index in [2.05, 4.69) is 4.74 Å². The zero-order valence-corrected chi connectivity index (χ0v) is 6.51. The van der Waals surface area contributed by atoms with E-state index in [1.54, 1.807) is 0 Å². The van der Waals surface area contributed by atoms with Crippen LogP contribution in [-0.2, 0) is 4.74 Å². The second kappa shape index (κ2) is 3.73. The van der Waals surface area contributed by atoms with Crippen LogP contribution >= 0.6 is 0 Å². The van der Waals surface area contributed by atoms with E-state index >= 15 is 0 Å². The van der Waals surface area contributed by atoms with Gasteiger partial charge in [0.1, 0.15) is 6.10 Å². The molecule has 0 amide bonds. The van der Waals surface area contributed by atoms with E-state index in [0.29, 0.717) is 6.42 Å². The molecule has 1 aliphatic carbocycles. The molecule has 1 fully saturated rings. The Morgan fingerprint density at radius 3 is 2.08 bits per heavy atom. The largest absolute Gasteiger partial charge is 0.506 e. The first-order chi connectivity index (χ1) is 5.58. The number of ether oxygens (including phenoxy) is 1. The van der Waals surface area contributed by atoms with Gasteiger partial charge >= 0.3 is 6.16 Å². The molecule has 3 atom stereocenters. The second-order valence-electron chi connectivity index (χ2n) is 3.02. The van der Waals surface area contributed by atoms with Gasteiger partial charge in [0.2, 0.25) is 0 Å². The van der Waals surface area contributed by atoms with Crippen LogP contribution in [-0.4, -0.2) is 39.8 Å². The molecule has 1 aliphatic rings. The molecule has 3 N–H and O–H groups in total. The number of rotatable bonds is 1. The van der Waals surface area contributed by atoms with E-state index in [9.17, 15) is 4.79 Å². The van der Waals surface area contributed by atoms with E-state index in [4.69, 9.17) is 15.3 Å². The van der Waals surface area contributed by atoms with Crippen molar-refractivity contribution < 1.29 is 24.9 Å². The predicted octanol–water partition coefficient (Wildman–Crippen LogP) is -0.0447. The highest BCUT2D eigenvalue weighted by molar-refractivity contribution is 5.57. The van der Waals surface area contributed by atoms with Gasteiger partial charge < -0.3 is 20.1 Å². The molecule has 12 heavy (non-hydrogen) atoms. The van der Waals surface area contributed by atoms with Crippen LogP contribution in [0, 0.1) is 0 Å². The summed E-state index contributed by atoms with van der Waals surface area (Å²) in [6.07, 6.45) is -2.37. The van der Waals surface area contributed by atoms with Crippen molar-refractivity contribution in [1.82, 2.24) is 0 Å². The molecule has 0 radical (unpaired) electrons. The van der Waals surface area contributed by atoms with E-state index in [1.807, 2.05) is 0 Å². The SMILES string of the molecule is O=C(O)O[C@H]1C[C@H](O)C[C@H](O)C1. The molecule has 0 bridgehead atoms. The van der Waals surface area contributed by atoms with E-state index in [0.717, 1.165) is 0 Å². The molecular weight excluding hydrogens is 164 g/mol. The Balaban J connectivity index is 2.38. The van der Waals surface area contributed by atoms with Crippen molar-refractivity contribution >= 4 is 6.16 Å². The van der Waals surface area contributed by atoms with Crippen LogP contribution in [0.3, 0.4) is 0 Å². The van der Waals surface area contributed by atoms with Crippen LogP contribution in [0.15, 0.2) is 0 Å². The second-order valence-corrected chi connectivity index (χ2v) is 3.02. The molecule has 0 saturated heterocycles. The lowest BCUT2D eigenvalue weighted by atomic mass is 9.93. The van der Waals surface area contributed by atoms with Gasteiger partial charge in [0.05, 0.1) is 12.2 Å². The maximum atomic E-state index is 10.1. The van der Waals surface area contributed by atoms with Crippen LogP contribution in [0.2, 0.25) is 0 Å². The Morgan fingerprint density at radius 1 is 1.17 bits per heavy atom. The minimum Gasteiger partial charge on any atom is -0.450 e. The number of aliphatic hydroxyl groups excluding tert-OH is 2. The number of carbonyl (C=O) groups is 1. The summed E-state index contributed by atoms with van der Waals surface area (Å²) in [5.41, 5.74) is 0. The van der Waals surface area contributed by atoms with Gasteiger partial charge in [0.25, 0.3) is 0 Å². The summed E-state index contributed by atoms with van der Waals surface area (Å²) in [7, 11) is 0. The van der Waals surface area contributed by atoms with Crippen LogP contribution < -0.4 is 0 Å². The summed E-state index contributed by atoms with van der Waals surface area (Å²) in [5.74, 6) is 0. The summed E-state index contributed by atoms with van der Waals surface area (Å²) >= 11 is 0. The van der Waals surface area contributed by atoms with Gasteiger partial charge in [-0.15, -0.1) is 0 Å². The van der Waals surface area contributed by atoms with Gasteiger partial charge in [-0.3, -0.25) is 0 Å². The lowest BCUT2D eigenvalue weighted by Gasteiger charge is -2.28. The van der Waals surface area contributed by atoms with Crippen molar-refractivity contribution in [2.45, 2.75) is 37.6 Å². The maximum Gasteiger partial charge on any atom is 0.506 e. The van der Waals surface area contributed by atoms with Gasteiger partial charge in [0, 0.05) is 12.8 Å². The van der Waals surface area contributed by atoms with Gasteiger partial charge in [-0.1, -0.05) is 0 Å². The Hall–Kier alpha value is -0.810. The zero-order valence-electron chi connectivity index (χ0n) is 6.51. The van der Waals surface area contributed by atoms with Crippen molar-refractivity contribution in [3.8, 4) is 0 Å². The Kier molecular flexibility index (Phi) is 2.88. The topological polar surface area (TPSA) is 87.0 Å². The lowest BCUT2D eigenvalue weighted by molar-refractivity contribution is -0.0430. The minimum atomic E-state index is -1.36. The average Bonchev–Trinajstić information content (AvgIpc) is 1.81. The van der Waals surface area contributed by atoms with Gasteiger partial charge in [-0.2, -0.15) is 0 Å². The first kappa shape index (κ1) is 9.28. The summed E-state index contributed by atoms with van der Waals surface area (Å²) < 4.78 is 4.43. The molecule has 0 aliphatic heterocycles. The average molecular weight is 176 g/mol. The molecule has 5 nitrogen and oxygen atoms in total. The van der Waals surface area contributed by atoms with Crippen molar-refractivity contribution in [2.75, 3.05) is 0 Å². The lowest BCUT2D eigenvalue weighted by Crippen LogP contribution is -2.35. The van der Waals surface area contributed by atoms with Gasteiger partial charge in [-0.05, 0) is 6.42 Å². The van der Waals surface area contributed by atoms with E-state index in [1.165, 1.54) is 0 Å².